The van der Waals surface area contributed by atoms with Crippen molar-refractivity contribution in [2.45, 2.75) is 13.8 Å². The maximum Gasteiger partial charge on any atom is 0.243 e. The number of rotatable bonds is 10. The van der Waals surface area contributed by atoms with E-state index in [9.17, 15) is 14.4 Å². The van der Waals surface area contributed by atoms with Crippen molar-refractivity contribution < 1.29 is 19.1 Å². The molecule has 0 aromatic heterocycles. The molecule has 0 spiro atoms. The highest BCUT2D eigenvalue weighted by Gasteiger charge is 2.17. The van der Waals surface area contributed by atoms with Crippen LogP contribution in [0.3, 0.4) is 0 Å². The summed E-state index contributed by atoms with van der Waals surface area (Å²) in [4.78, 5) is 39.1. The van der Waals surface area contributed by atoms with Gasteiger partial charge in [0, 0.05) is 25.3 Å². The van der Waals surface area contributed by atoms with E-state index in [-0.39, 0.29) is 37.4 Å². The molecular formula is C18H28N4O4. The quantitative estimate of drug-likeness (QED) is 0.633. The normalized spacial score (nSPS) is 10.3. The van der Waals surface area contributed by atoms with E-state index >= 15 is 0 Å². The van der Waals surface area contributed by atoms with Crippen LogP contribution in [-0.4, -0.2) is 74.4 Å². The standard InChI is InChI=1S/C18H28N4O4/c1-5-19-16(23)12-22(6-2)13-18(25)21(3)11-17(24)20-14-8-7-9-15(10-14)26-4/h7-10H,5-6,11-13H2,1-4H3,(H,19,23)(H,20,24). The molecule has 8 nitrogen and oxygen atoms in total. The highest BCUT2D eigenvalue weighted by molar-refractivity contribution is 5.94. The predicted molar refractivity (Wildman–Crippen MR) is 100 cm³/mol. The molecule has 0 fully saturated rings. The third-order valence-corrected chi connectivity index (χ3v) is 3.71. The highest BCUT2D eigenvalue weighted by Crippen LogP contribution is 2.16. The fraction of sp³-hybridized carbons (Fsp3) is 0.500. The summed E-state index contributed by atoms with van der Waals surface area (Å²) < 4.78 is 5.11. The fourth-order valence-corrected chi connectivity index (χ4v) is 2.25. The number of nitrogens with zero attached hydrogens (tertiary/aromatic N) is 2. The molecular weight excluding hydrogens is 336 g/mol. The lowest BCUT2D eigenvalue weighted by Crippen LogP contribution is -2.44. The van der Waals surface area contributed by atoms with Gasteiger partial charge in [-0.2, -0.15) is 0 Å². The second-order valence-electron chi connectivity index (χ2n) is 5.79. The first-order valence-electron chi connectivity index (χ1n) is 8.56. The van der Waals surface area contributed by atoms with Crippen LogP contribution in [0.2, 0.25) is 0 Å². The molecule has 144 valence electrons. The molecule has 0 aliphatic rings. The van der Waals surface area contributed by atoms with Gasteiger partial charge in [0.2, 0.25) is 17.7 Å². The van der Waals surface area contributed by atoms with E-state index in [0.717, 1.165) is 0 Å². The Bertz CT molecular complexity index is 621. The van der Waals surface area contributed by atoms with E-state index < -0.39 is 0 Å². The zero-order valence-corrected chi connectivity index (χ0v) is 15.9. The molecule has 0 atom stereocenters. The van der Waals surface area contributed by atoms with Crippen molar-refractivity contribution in [1.29, 1.82) is 0 Å². The third-order valence-electron chi connectivity index (χ3n) is 3.71. The Morgan fingerprint density at radius 3 is 2.42 bits per heavy atom. The van der Waals surface area contributed by atoms with E-state index in [1.165, 1.54) is 4.90 Å². The van der Waals surface area contributed by atoms with Crippen LogP contribution in [0.15, 0.2) is 24.3 Å². The van der Waals surface area contributed by atoms with E-state index in [1.807, 2.05) is 13.8 Å². The van der Waals surface area contributed by atoms with Crippen molar-refractivity contribution in [2.24, 2.45) is 0 Å². The number of hydrogen-bond donors (Lipinski definition) is 2. The van der Waals surface area contributed by atoms with E-state index in [2.05, 4.69) is 10.6 Å². The van der Waals surface area contributed by atoms with Gasteiger partial charge in [0.1, 0.15) is 5.75 Å². The monoisotopic (exact) mass is 364 g/mol. The Balaban J connectivity index is 2.51. The lowest BCUT2D eigenvalue weighted by Gasteiger charge is -2.23. The number of amides is 3. The summed E-state index contributed by atoms with van der Waals surface area (Å²) in [6.45, 7) is 4.99. The van der Waals surface area contributed by atoms with Crippen LogP contribution in [0.5, 0.6) is 5.75 Å². The molecule has 0 aliphatic carbocycles. The van der Waals surface area contributed by atoms with Gasteiger partial charge < -0.3 is 20.3 Å². The van der Waals surface area contributed by atoms with E-state index in [0.29, 0.717) is 24.5 Å². The number of ether oxygens (including phenoxy) is 1. The van der Waals surface area contributed by atoms with Gasteiger partial charge in [0.25, 0.3) is 0 Å². The summed E-state index contributed by atoms with van der Waals surface area (Å²) in [7, 11) is 3.11. The molecule has 0 unspecified atom stereocenters. The topological polar surface area (TPSA) is 91.0 Å². The van der Waals surface area contributed by atoms with Gasteiger partial charge in [-0.25, -0.2) is 0 Å². The Morgan fingerprint density at radius 1 is 1.08 bits per heavy atom. The van der Waals surface area contributed by atoms with Crippen molar-refractivity contribution in [1.82, 2.24) is 15.1 Å². The second-order valence-corrected chi connectivity index (χ2v) is 5.79. The predicted octanol–water partition coefficient (Wildman–Crippen LogP) is 0.550. The zero-order valence-electron chi connectivity index (χ0n) is 15.9. The van der Waals surface area contributed by atoms with Crippen molar-refractivity contribution in [3.8, 4) is 5.75 Å². The zero-order chi connectivity index (χ0) is 19.5. The van der Waals surface area contributed by atoms with Crippen molar-refractivity contribution in [3.63, 3.8) is 0 Å². The second kappa shape index (κ2) is 11.1. The number of anilines is 1. The number of likely N-dealkylation sites (N-methyl/N-ethyl adjacent to an activating group) is 3. The minimum atomic E-state index is -0.305. The van der Waals surface area contributed by atoms with Crippen molar-refractivity contribution >= 4 is 23.4 Å². The van der Waals surface area contributed by atoms with Gasteiger partial charge in [-0.15, -0.1) is 0 Å². The molecule has 3 amide bonds. The molecule has 1 aromatic rings. The smallest absolute Gasteiger partial charge is 0.243 e. The maximum atomic E-state index is 12.3. The minimum Gasteiger partial charge on any atom is -0.497 e. The van der Waals surface area contributed by atoms with Gasteiger partial charge in [-0.1, -0.05) is 13.0 Å². The average Bonchev–Trinajstić information content (AvgIpc) is 2.61. The molecule has 1 aromatic carbocycles. The van der Waals surface area contributed by atoms with Crippen LogP contribution in [-0.2, 0) is 14.4 Å². The lowest BCUT2D eigenvalue weighted by molar-refractivity contribution is -0.135. The van der Waals surface area contributed by atoms with Gasteiger partial charge >= 0.3 is 0 Å². The van der Waals surface area contributed by atoms with Crippen LogP contribution >= 0.6 is 0 Å². The Morgan fingerprint density at radius 2 is 1.81 bits per heavy atom. The maximum absolute atomic E-state index is 12.3. The van der Waals surface area contributed by atoms with E-state index in [1.54, 1.807) is 43.3 Å². The lowest BCUT2D eigenvalue weighted by atomic mass is 10.3. The summed E-state index contributed by atoms with van der Waals surface area (Å²) in [5, 5.41) is 5.43. The molecule has 1 rings (SSSR count). The average molecular weight is 364 g/mol. The molecule has 0 radical (unpaired) electrons. The highest BCUT2D eigenvalue weighted by atomic mass is 16.5. The Kier molecular flexibility index (Phi) is 9.14. The minimum absolute atomic E-state index is 0.0746. The molecule has 8 heteroatoms. The molecule has 0 aliphatic heterocycles. The van der Waals surface area contributed by atoms with Gasteiger partial charge in [-0.05, 0) is 25.6 Å². The van der Waals surface area contributed by atoms with Crippen LogP contribution in [0, 0.1) is 0 Å². The summed E-state index contributed by atoms with van der Waals surface area (Å²) in [6.07, 6.45) is 0. The fourth-order valence-electron chi connectivity index (χ4n) is 2.25. The largest absolute Gasteiger partial charge is 0.497 e. The number of methoxy groups -OCH3 is 1. The first-order chi connectivity index (χ1) is 12.4. The van der Waals surface area contributed by atoms with Gasteiger partial charge in [0.15, 0.2) is 0 Å². The third kappa shape index (κ3) is 7.52. The van der Waals surface area contributed by atoms with Crippen LogP contribution in [0.1, 0.15) is 13.8 Å². The summed E-state index contributed by atoms with van der Waals surface area (Å²) >= 11 is 0. The summed E-state index contributed by atoms with van der Waals surface area (Å²) in [5.41, 5.74) is 0.599. The number of carbonyl (C=O) groups is 3. The summed E-state index contributed by atoms with van der Waals surface area (Å²) in [5.74, 6) is -0.0189. The van der Waals surface area contributed by atoms with Crippen LogP contribution in [0.25, 0.3) is 0 Å². The number of hydrogen-bond acceptors (Lipinski definition) is 5. The van der Waals surface area contributed by atoms with Gasteiger partial charge in [0.05, 0.1) is 26.7 Å². The first kappa shape index (κ1) is 21.4. The molecule has 0 heterocycles. The Labute approximate surface area is 154 Å². The Hall–Kier alpha value is -2.61. The van der Waals surface area contributed by atoms with Crippen LogP contribution < -0.4 is 15.4 Å². The van der Waals surface area contributed by atoms with Gasteiger partial charge in [-0.3, -0.25) is 19.3 Å². The van der Waals surface area contributed by atoms with Crippen molar-refractivity contribution in [3.05, 3.63) is 24.3 Å². The van der Waals surface area contributed by atoms with E-state index in [4.69, 9.17) is 4.74 Å². The molecule has 0 bridgehead atoms. The number of nitrogens with one attached hydrogen (secondary N) is 2. The molecule has 0 saturated carbocycles. The van der Waals surface area contributed by atoms with Crippen LogP contribution in [0.4, 0.5) is 5.69 Å². The number of carbonyl (C=O) groups excluding carboxylic acids is 3. The first-order valence-corrected chi connectivity index (χ1v) is 8.56. The SMILES string of the molecule is CCNC(=O)CN(CC)CC(=O)N(C)CC(=O)Nc1cccc(OC)c1. The van der Waals surface area contributed by atoms with Crippen molar-refractivity contribution in [2.75, 3.05) is 52.2 Å². The number of benzene rings is 1. The molecule has 0 saturated heterocycles. The molecule has 26 heavy (non-hydrogen) atoms. The summed E-state index contributed by atoms with van der Waals surface area (Å²) in [6, 6.07) is 6.99. The molecule has 2 N–H and O–H groups in total.